The Labute approximate surface area is 167 Å². The number of hydrogen-bond donors (Lipinski definition) is 0. The lowest BCUT2D eigenvalue weighted by Gasteiger charge is -2.09. The predicted molar refractivity (Wildman–Crippen MR) is 116 cm³/mol. The van der Waals surface area contributed by atoms with Gasteiger partial charge in [0, 0.05) is 11.1 Å². The zero-order valence-corrected chi connectivity index (χ0v) is 18.0. The van der Waals surface area contributed by atoms with Gasteiger partial charge in [0.15, 0.2) is 11.6 Å². The van der Waals surface area contributed by atoms with Crippen LogP contribution in [0.25, 0.3) is 0 Å². The van der Waals surface area contributed by atoms with Crippen LogP contribution in [0.15, 0.2) is 23.3 Å². The van der Waals surface area contributed by atoms with Crippen molar-refractivity contribution in [3.63, 3.8) is 0 Å². The third kappa shape index (κ3) is 12.0. The summed E-state index contributed by atoms with van der Waals surface area (Å²) in [6.45, 7) is 3.99. The molecule has 0 aromatic rings. The maximum atomic E-state index is 11.8. The molecule has 1 aliphatic carbocycles. The van der Waals surface area contributed by atoms with E-state index in [2.05, 4.69) is 6.92 Å². The number of allylic oxidation sites excluding steroid dienone is 4. The molecule has 0 atom stereocenters. The van der Waals surface area contributed by atoms with E-state index < -0.39 is 0 Å². The average Bonchev–Trinajstić information content (AvgIpc) is 2.65. The van der Waals surface area contributed by atoms with Crippen LogP contribution in [0, 0.1) is 0 Å². The summed E-state index contributed by atoms with van der Waals surface area (Å²) in [6.07, 6.45) is 25.4. The number of hydrogen-bond acceptors (Lipinski definition) is 2. The Kier molecular flexibility index (Phi) is 14.0. The van der Waals surface area contributed by atoms with Crippen LogP contribution >= 0.6 is 0 Å². The van der Waals surface area contributed by atoms with E-state index in [9.17, 15) is 9.59 Å². The summed E-state index contributed by atoms with van der Waals surface area (Å²) in [5, 5.41) is 0. The number of rotatable bonds is 17. The maximum absolute atomic E-state index is 11.8. The molecule has 0 amide bonds. The SMILES string of the molecule is CCCCCCCCCCCCCCCCCCC1=CC(=O)C(C)=CC1=O. The minimum atomic E-state index is 0.00101. The number of unbranched alkanes of at least 4 members (excludes halogenated alkanes) is 15. The Morgan fingerprint density at radius 2 is 0.963 bits per heavy atom. The molecule has 2 nitrogen and oxygen atoms in total. The van der Waals surface area contributed by atoms with E-state index in [4.69, 9.17) is 0 Å². The lowest BCUT2D eigenvalue weighted by molar-refractivity contribution is -0.115. The van der Waals surface area contributed by atoms with Crippen molar-refractivity contribution in [1.29, 1.82) is 0 Å². The second-order valence-corrected chi connectivity index (χ2v) is 8.28. The highest BCUT2D eigenvalue weighted by atomic mass is 16.1. The summed E-state index contributed by atoms with van der Waals surface area (Å²) in [5.74, 6) is 0.0363. The van der Waals surface area contributed by atoms with Crippen LogP contribution in [-0.2, 0) is 9.59 Å². The molecule has 0 saturated heterocycles. The molecule has 27 heavy (non-hydrogen) atoms. The van der Waals surface area contributed by atoms with Crippen molar-refractivity contribution in [3.8, 4) is 0 Å². The topological polar surface area (TPSA) is 34.1 Å². The van der Waals surface area contributed by atoms with E-state index in [0.717, 1.165) is 12.8 Å². The highest BCUT2D eigenvalue weighted by molar-refractivity contribution is 6.19. The standard InChI is InChI=1S/C25H42O2/c1-3-4-5-6-7-8-9-10-11-12-13-14-15-16-17-18-19-23-21-24(26)22(2)20-25(23)27/h20-21H,3-19H2,1-2H3. The van der Waals surface area contributed by atoms with Crippen molar-refractivity contribution in [2.45, 2.75) is 123 Å². The van der Waals surface area contributed by atoms with Crippen molar-refractivity contribution in [1.82, 2.24) is 0 Å². The molecule has 1 aliphatic rings. The molecule has 0 saturated carbocycles. The average molecular weight is 375 g/mol. The summed E-state index contributed by atoms with van der Waals surface area (Å²) in [7, 11) is 0. The molecule has 0 aromatic heterocycles. The number of carbonyl (C=O) groups is 2. The second-order valence-electron chi connectivity index (χ2n) is 8.28. The predicted octanol–water partition coefficient (Wildman–Crippen LogP) is 7.66. The fraction of sp³-hybridized carbons (Fsp3) is 0.760. The third-order valence-electron chi connectivity index (χ3n) is 5.66. The van der Waals surface area contributed by atoms with Gasteiger partial charge in [0.25, 0.3) is 0 Å². The van der Waals surface area contributed by atoms with Crippen molar-refractivity contribution in [2.24, 2.45) is 0 Å². The molecule has 154 valence electrons. The lowest BCUT2D eigenvalue weighted by atomic mass is 9.94. The van der Waals surface area contributed by atoms with Gasteiger partial charge in [-0.05, 0) is 31.9 Å². The Balaban J connectivity index is 1.83. The van der Waals surface area contributed by atoms with E-state index >= 15 is 0 Å². The van der Waals surface area contributed by atoms with Crippen LogP contribution in [0.3, 0.4) is 0 Å². The molecule has 0 heterocycles. The molecular weight excluding hydrogens is 332 g/mol. The van der Waals surface area contributed by atoms with Gasteiger partial charge in [0.2, 0.25) is 0 Å². The summed E-state index contributed by atoms with van der Waals surface area (Å²) in [6, 6.07) is 0. The molecule has 0 aromatic carbocycles. The van der Waals surface area contributed by atoms with Crippen LogP contribution in [0.1, 0.15) is 123 Å². The molecule has 0 radical (unpaired) electrons. The maximum Gasteiger partial charge on any atom is 0.182 e. The smallest absolute Gasteiger partial charge is 0.182 e. The molecular formula is C25H42O2. The van der Waals surface area contributed by atoms with Crippen LogP contribution in [0.2, 0.25) is 0 Å². The summed E-state index contributed by atoms with van der Waals surface area (Å²) < 4.78 is 0. The van der Waals surface area contributed by atoms with Crippen LogP contribution in [-0.4, -0.2) is 11.6 Å². The molecule has 2 heteroatoms. The summed E-state index contributed by atoms with van der Waals surface area (Å²) in [4.78, 5) is 23.5. The van der Waals surface area contributed by atoms with Crippen LogP contribution < -0.4 is 0 Å². The van der Waals surface area contributed by atoms with E-state index in [-0.39, 0.29) is 11.6 Å². The van der Waals surface area contributed by atoms with E-state index in [1.165, 1.54) is 102 Å². The number of carbonyl (C=O) groups excluding carboxylic acids is 2. The van der Waals surface area contributed by atoms with Gasteiger partial charge in [-0.3, -0.25) is 9.59 Å². The van der Waals surface area contributed by atoms with Gasteiger partial charge in [-0.25, -0.2) is 0 Å². The molecule has 0 unspecified atom stereocenters. The van der Waals surface area contributed by atoms with Gasteiger partial charge < -0.3 is 0 Å². The molecule has 0 spiro atoms. The molecule has 1 rings (SSSR count). The summed E-state index contributed by atoms with van der Waals surface area (Å²) >= 11 is 0. The Bertz CT molecular complexity index is 485. The van der Waals surface area contributed by atoms with E-state index in [1.54, 1.807) is 13.0 Å². The molecule has 0 fully saturated rings. The lowest BCUT2D eigenvalue weighted by Crippen LogP contribution is -2.11. The van der Waals surface area contributed by atoms with Gasteiger partial charge in [-0.15, -0.1) is 0 Å². The Hall–Kier alpha value is -1.18. The minimum Gasteiger partial charge on any atom is -0.290 e. The first-order valence-electron chi connectivity index (χ1n) is 11.6. The minimum absolute atomic E-state index is 0.00101. The van der Waals surface area contributed by atoms with E-state index in [0.29, 0.717) is 11.1 Å². The zero-order valence-electron chi connectivity index (χ0n) is 18.0. The number of ketones is 2. The van der Waals surface area contributed by atoms with Gasteiger partial charge in [0.05, 0.1) is 0 Å². The zero-order chi connectivity index (χ0) is 19.7. The largest absolute Gasteiger partial charge is 0.290 e. The van der Waals surface area contributed by atoms with Crippen LogP contribution in [0.4, 0.5) is 0 Å². The summed E-state index contributed by atoms with van der Waals surface area (Å²) in [5.41, 5.74) is 1.27. The highest BCUT2D eigenvalue weighted by Crippen LogP contribution is 2.18. The normalized spacial score (nSPS) is 14.4. The van der Waals surface area contributed by atoms with Crippen molar-refractivity contribution in [3.05, 3.63) is 23.3 Å². The Morgan fingerprint density at radius 1 is 0.556 bits per heavy atom. The van der Waals surface area contributed by atoms with Gasteiger partial charge in [-0.1, -0.05) is 103 Å². The van der Waals surface area contributed by atoms with Gasteiger partial charge in [-0.2, -0.15) is 0 Å². The quantitative estimate of drug-likeness (QED) is 0.193. The fourth-order valence-electron chi connectivity index (χ4n) is 3.76. The Morgan fingerprint density at radius 3 is 1.41 bits per heavy atom. The van der Waals surface area contributed by atoms with Gasteiger partial charge >= 0.3 is 0 Å². The van der Waals surface area contributed by atoms with E-state index in [1.807, 2.05) is 0 Å². The first-order valence-corrected chi connectivity index (χ1v) is 11.6. The second kappa shape index (κ2) is 15.8. The highest BCUT2D eigenvalue weighted by Gasteiger charge is 2.16. The van der Waals surface area contributed by atoms with Crippen molar-refractivity contribution in [2.75, 3.05) is 0 Å². The molecule has 0 aliphatic heterocycles. The molecule has 0 bridgehead atoms. The fourth-order valence-corrected chi connectivity index (χ4v) is 3.76. The monoisotopic (exact) mass is 374 g/mol. The van der Waals surface area contributed by atoms with Gasteiger partial charge in [0.1, 0.15) is 0 Å². The van der Waals surface area contributed by atoms with Crippen molar-refractivity contribution < 1.29 is 9.59 Å². The van der Waals surface area contributed by atoms with Crippen molar-refractivity contribution >= 4 is 11.6 Å². The van der Waals surface area contributed by atoms with Crippen LogP contribution in [0.5, 0.6) is 0 Å². The molecule has 0 N–H and O–H groups in total. The third-order valence-corrected chi connectivity index (χ3v) is 5.66. The first kappa shape index (κ1) is 23.9. The first-order chi connectivity index (χ1) is 13.1.